The highest BCUT2D eigenvalue weighted by Crippen LogP contribution is 2.41. The lowest BCUT2D eigenvalue weighted by Gasteiger charge is -2.22. The van der Waals surface area contributed by atoms with Crippen molar-refractivity contribution in [2.75, 3.05) is 0 Å². The molecule has 1 aliphatic heterocycles. The minimum Gasteiger partial charge on any atom is -0.0691 e. The standard InChI is InChI=1S/C8H18Si/c1-4-8-6-5-7-9(8,2)3/h8H,4-7H2,1-3H3/i2D3,3D3,4D2. The molecule has 0 bridgehead atoms. The molecule has 0 nitrogen and oxygen atoms in total. The zero-order valence-electron chi connectivity index (χ0n) is 13.7. The Morgan fingerprint density at radius 1 is 1.78 bits per heavy atom. The molecule has 0 aromatic carbocycles. The van der Waals surface area contributed by atoms with Crippen LogP contribution in [0.15, 0.2) is 0 Å². The lowest BCUT2D eigenvalue weighted by Crippen LogP contribution is -2.25. The number of hydrogen-bond donors (Lipinski definition) is 0. The molecule has 0 spiro atoms. The summed E-state index contributed by atoms with van der Waals surface area (Å²) >= 11 is 0. The van der Waals surface area contributed by atoms with Crippen molar-refractivity contribution in [3.05, 3.63) is 0 Å². The van der Waals surface area contributed by atoms with Gasteiger partial charge in [0.15, 0.2) is 0 Å². The van der Waals surface area contributed by atoms with E-state index in [1.165, 1.54) is 6.92 Å². The van der Waals surface area contributed by atoms with Gasteiger partial charge in [-0.05, 0) is 5.54 Å². The third-order valence-electron chi connectivity index (χ3n) is 2.01. The first-order valence-electron chi connectivity index (χ1n) is 7.34. The molecular weight excluding hydrogens is 124 g/mol. The molecule has 0 N–H and O–H groups in total. The van der Waals surface area contributed by atoms with E-state index in [4.69, 9.17) is 11.0 Å². The van der Waals surface area contributed by atoms with Gasteiger partial charge in [0.2, 0.25) is 0 Å². The third kappa shape index (κ3) is 1.37. The first-order valence-corrected chi connectivity index (χ1v) is 5.62. The molecule has 9 heavy (non-hydrogen) atoms. The van der Waals surface area contributed by atoms with E-state index < -0.39 is 32.9 Å². The van der Waals surface area contributed by atoms with Gasteiger partial charge in [-0.15, -0.1) is 0 Å². The van der Waals surface area contributed by atoms with E-state index in [1.807, 2.05) is 0 Å². The Bertz CT molecular complexity index is 271. The molecule has 1 aliphatic rings. The fraction of sp³-hybridized carbons (Fsp3) is 1.00. The average Bonchev–Trinajstić information content (AvgIpc) is 2.42. The Morgan fingerprint density at radius 2 is 2.56 bits per heavy atom. The number of rotatable bonds is 1. The molecular formula is C8H18Si. The van der Waals surface area contributed by atoms with Crippen molar-refractivity contribution in [3.8, 4) is 0 Å². The van der Waals surface area contributed by atoms with Gasteiger partial charge in [0, 0.05) is 11.0 Å². The van der Waals surface area contributed by atoms with Crippen LogP contribution in [0.1, 0.15) is 37.1 Å². The fourth-order valence-electron chi connectivity index (χ4n) is 1.40. The van der Waals surface area contributed by atoms with Crippen LogP contribution < -0.4 is 0 Å². The zero-order chi connectivity index (χ0) is 13.7. The largest absolute Gasteiger partial charge is 0.0691 e. The summed E-state index contributed by atoms with van der Waals surface area (Å²) in [4.78, 5) is 0. The Kier molecular flexibility index (Phi) is 0.571. The molecule has 1 rings (SSSR count). The SMILES string of the molecule is [2H]C([2H])(C)C1CCC[Si]1(C([2H])([2H])[2H])C([2H])([2H])[2H]. The van der Waals surface area contributed by atoms with Crippen LogP contribution in [0.5, 0.6) is 0 Å². The van der Waals surface area contributed by atoms with Gasteiger partial charge in [-0.25, -0.2) is 0 Å². The van der Waals surface area contributed by atoms with Crippen LogP contribution in [0, 0.1) is 0 Å². The maximum Gasteiger partial charge on any atom is 0.0504 e. The van der Waals surface area contributed by atoms with Crippen LogP contribution >= 0.6 is 0 Å². The molecule has 0 amide bonds. The first kappa shape index (κ1) is 2.10. The normalized spacial score (nSPS) is 50.6. The van der Waals surface area contributed by atoms with E-state index >= 15 is 0 Å². The van der Waals surface area contributed by atoms with Gasteiger partial charge in [-0.1, -0.05) is 45.1 Å². The summed E-state index contributed by atoms with van der Waals surface area (Å²) in [6.45, 7) is -3.74. The summed E-state index contributed by atoms with van der Waals surface area (Å²) in [5.74, 6) is 0. The van der Waals surface area contributed by atoms with Crippen LogP contribution in [0.2, 0.25) is 24.5 Å². The number of hydrogen-bond acceptors (Lipinski definition) is 0. The van der Waals surface area contributed by atoms with Gasteiger partial charge in [-0.3, -0.25) is 0 Å². The Labute approximate surface area is 70.9 Å². The Hall–Kier alpha value is 0.217. The lowest BCUT2D eigenvalue weighted by molar-refractivity contribution is 0.733. The Morgan fingerprint density at radius 3 is 3.00 bits per heavy atom. The molecule has 54 valence electrons. The summed E-state index contributed by atoms with van der Waals surface area (Å²) in [7, 11) is -3.68. The van der Waals surface area contributed by atoms with Crippen molar-refractivity contribution in [1.82, 2.24) is 0 Å². The van der Waals surface area contributed by atoms with Crippen molar-refractivity contribution in [2.45, 2.75) is 50.7 Å². The predicted molar refractivity (Wildman–Crippen MR) is 45.6 cm³/mol. The summed E-state index contributed by atoms with van der Waals surface area (Å²) in [5.41, 5.74) is -0.810. The maximum absolute atomic E-state index is 7.75. The molecule has 0 aromatic heterocycles. The highest BCUT2D eigenvalue weighted by atomic mass is 28.3. The average molecular weight is 150 g/mol. The van der Waals surface area contributed by atoms with Gasteiger partial charge in [0.05, 0.1) is 8.07 Å². The quantitative estimate of drug-likeness (QED) is 0.503. The van der Waals surface area contributed by atoms with E-state index in [2.05, 4.69) is 0 Å². The van der Waals surface area contributed by atoms with Crippen LogP contribution in [-0.4, -0.2) is 8.07 Å². The van der Waals surface area contributed by atoms with Crippen LogP contribution in [0.3, 0.4) is 0 Å². The third-order valence-corrected chi connectivity index (χ3v) is 4.92. The first-order chi connectivity index (χ1) is 7.34. The van der Waals surface area contributed by atoms with Crippen molar-refractivity contribution >= 4 is 8.07 Å². The molecule has 1 heteroatoms. The lowest BCUT2D eigenvalue weighted by atomic mass is 10.2. The van der Waals surface area contributed by atoms with Gasteiger partial charge in [-0.2, -0.15) is 0 Å². The minimum absolute atomic E-state index is 0.179. The second kappa shape index (κ2) is 2.45. The monoisotopic (exact) mass is 150 g/mol. The van der Waals surface area contributed by atoms with Crippen molar-refractivity contribution in [2.24, 2.45) is 0 Å². The molecule has 0 saturated carbocycles. The maximum atomic E-state index is 7.75. The van der Waals surface area contributed by atoms with Gasteiger partial charge in [0.25, 0.3) is 0 Å². The topological polar surface area (TPSA) is 0 Å². The van der Waals surface area contributed by atoms with E-state index in [9.17, 15) is 0 Å². The summed E-state index contributed by atoms with van der Waals surface area (Å²) < 4.78 is 61.2. The second-order valence-electron chi connectivity index (χ2n) is 2.70. The van der Waals surface area contributed by atoms with Gasteiger partial charge >= 0.3 is 0 Å². The minimum atomic E-state index is -3.68. The molecule has 0 aliphatic carbocycles. The summed E-state index contributed by atoms with van der Waals surface area (Å²) in [6.07, 6.45) is -0.834. The Balaban J connectivity index is 3.34. The smallest absolute Gasteiger partial charge is 0.0504 e. The summed E-state index contributed by atoms with van der Waals surface area (Å²) in [5, 5.41) is 0. The molecule has 1 fully saturated rings. The molecule has 0 aromatic rings. The predicted octanol–water partition coefficient (Wildman–Crippen LogP) is 3.27. The van der Waals surface area contributed by atoms with E-state index in [0.29, 0.717) is 12.8 Å². The van der Waals surface area contributed by atoms with Gasteiger partial charge < -0.3 is 0 Å². The van der Waals surface area contributed by atoms with Gasteiger partial charge in [0.1, 0.15) is 0 Å². The molecule has 1 unspecified atom stereocenters. The second-order valence-corrected chi connectivity index (χ2v) is 5.84. The molecule has 1 atom stereocenters. The van der Waals surface area contributed by atoms with Crippen molar-refractivity contribution in [1.29, 1.82) is 0 Å². The molecule has 1 saturated heterocycles. The van der Waals surface area contributed by atoms with Crippen molar-refractivity contribution in [3.63, 3.8) is 0 Å². The summed E-state index contributed by atoms with van der Waals surface area (Å²) in [6, 6.07) is 0.179. The zero-order valence-corrected chi connectivity index (χ0v) is 6.70. The van der Waals surface area contributed by atoms with Crippen LogP contribution in [-0.2, 0) is 0 Å². The van der Waals surface area contributed by atoms with Crippen LogP contribution in [0.25, 0.3) is 0 Å². The molecule has 1 heterocycles. The van der Waals surface area contributed by atoms with Crippen molar-refractivity contribution < 1.29 is 11.0 Å². The van der Waals surface area contributed by atoms with Crippen LogP contribution in [0.4, 0.5) is 0 Å². The highest BCUT2D eigenvalue weighted by molar-refractivity contribution is 6.79. The molecule has 0 radical (unpaired) electrons. The highest BCUT2D eigenvalue weighted by Gasteiger charge is 2.34. The van der Waals surface area contributed by atoms with E-state index in [1.54, 1.807) is 0 Å². The van der Waals surface area contributed by atoms with E-state index in [-0.39, 0.29) is 6.04 Å². The fourth-order valence-corrected chi connectivity index (χ4v) is 3.70. The van der Waals surface area contributed by atoms with E-state index in [0.717, 1.165) is 0 Å².